The van der Waals surface area contributed by atoms with Crippen molar-refractivity contribution < 1.29 is 0 Å². The average molecular weight is 705 g/mol. The van der Waals surface area contributed by atoms with E-state index in [0.29, 0.717) is 45.3 Å². The number of imidazole rings is 3. The van der Waals surface area contributed by atoms with Crippen LogP contribution in [0.2, 0.25) is 0 Å². The summed E-state index contributed by atoms with van der Waals surface area (Å²) in [7, 11) is 0. The summed E-state index contributed by atoms with van der Waals surface area (Å²) in [6.45, 7) is 0. The zero-order valence-corrected chi connectivity index (χ0v) is 28.5. The molecule has 11 heteroatoms. The number of rotatable bonds is 6. The van der Waals surface area contributed by atoms with Crippen molar-refractivity contribution in [2.45, 2.75) is 0 Å². The molecule has 5 aromatic heterocycles. The number of nitrogens with zero attached hydrogens (tertiary/aromatic N) is 8. The van der Waals surface area contributed by atoms with Crippen LogP contribution in [-0.2, 0) is 0 Å². The van der Waals surface area contributed by atoms with Gasteiger partial charge in [-0.2, -0.15) is 0 Å². The first kappa shape index (κ1) is 31.0. The highest BCUT2D eigenvalue weighted by atomic mass is 16.2. The van der Waals surface area contributed by atoms with Crippen LogP contribution in [0.3, 0.4) is 0 Å². The van der Waals surface area contributed by atoms with E-state index in [1.54, 1.807) is 54.7 Å². The summed E-state index contributed by atoms with van der Waals surface area (Å²) >= 11 is 0. The van der Waals surface area contributed by atoms with Gasteiger partial charge in [0.05, 0.1) is 44.5 Å². The van der Waals surface area contributed by atoms with Gasteiger partial charge in [0.1, 0.15) is 23.3 Å². The van der Waals surface area contributed by atoms with Gasteiger partial charge in [-0.15, -0.1) is 0 Å². The molecule has 0 fully saturated rings. The van der Waals surface area contributed by atoms with E-state index < -0.39 is 5.69 Å². The molecular formula is C43H28N8O3. The van der Waals surface area contributed by atoms with Gasteiger partial charge < -0.3 is 0 Å². The minimum atomic E-state index is -0.413. The van der Waals surface area contributed by atoms with E-state index in [2.05, 4.69) is 0 Å². The van der Waals surface area contributed by atoms with Crippen molar-refractivity contribution in [3.05, 3.63) is 201 Å². The number of aromatic nitrogens is 8. The van der Waals surface area contributed by atoms with Crippen molar-refractivity contribution in [1.29, 1.82) is 0 Å². The Hall–Kier alpha value is -7.79. The third kappa shape index (κ3) is 4.65. The van der Waals surface area contributed by atoms with E-state index in [1.807, 2.05) is 133 Å². The number of para-hydroxylation sites is 8. The normalized spacial score (nSPS) is 11.6. The predicted octanol–water partition coefficient (Wildman–Crippen LogP) is 6.76. The lowest BCUT2D eigenvalue weighted by atomic mass is 10.3. The Kier molecular flexibility index (Phi) is 6.98. The maximum atomic E-state index is 14.6. The smallest absolute Gasteiger partial charge is 0.260 e. The van der Waals surface area contributed by atoms with E-state index in [0.717, 1.165) is 22.4 Å². The van der Waals surface area contributed by atoms with Crippen molar-refractivity contribution in [2.75, 3.05) is 0 Å². The summed E-state index contributed by atoms with van der Waals surface area (Å²) in [6, 6.07) is 52.0. The molecular weight excluding hydrogens is 677 g/mol. The van der Waals surface area contributed by atoms with Crippen molar-refractivity contribution in [1.82, 2.24) is 37.4 Å². The number of benzene rings is 5. The first-order valence-corrected chi connectivity index (χ1v) is 17.3. The van der Waals surface area contributed by atoms with Gasteiger partial charge >= 0.3 is 17.1 Å². The molecule has 54 heavy (non-hydrogen) atoms. The van der Waals surface area contributed by atoms with Crippen LogP contribution in [0.5, 0.6) is 0 Å². The number of pyridine rings is 2. The standard InChI is InChI=1S/C43H28N8O3/c52-41-46(29-15-3-1-4-16-29)31-19-7-9-21-33(31)48(41)37-25-13-27-39(44-37)50-35-23-11-12-24-36(35)51(43(50)54)40-28-14-26-38(45-40)49-34-22-10-8-20-32(34)47(42(49)53)30-17-5-2-6-18-30/h1-28H. The van der Waals surface area contributed by atoms with E-state index in [4.69, 9.17) is 9.97 Å². The lowest BCUT2D eigenvalue weighted by molar-refractivity contribution is 0.851. The highest BCUT2D eigenvalue weighted by Crippen LogP contribution is 2.25. The molecule has 5 heterocycles. The molecule has 0 aliphatic rings. The Labute approximate surface area is 305 Å². The Morgan fingerprint density at radius 2 is 0.500 bits per heavy atom. The molecule has 0 saturated carbocycles. The molecule has 10 rings (SSSR count). The molecule has 5 aromatic carbocycles. The Balaban J connectivity index is 1.14. The van der Waals surface area contributed by atoms with Gasteiger partial charge in [-0.1, -0.05) is 84.9 Å². The van der Waals surface area contributed by atoms with Gasteiger partial charge in [0.15, 0.2) is 0 Å². The SMILES string of the molecule is O=c1n(-c2ccccc2)c2ccccc2n1-c1cccc(-n2c(=O)n(-c3cccc(-n4c(=O)n(-c5ccccc5)c5ccccc54)n3)c3ccccc32)n1. The highest BCUT2D eigenvalue weighted by Gasteiger charge is 2.22. The fourth-order valence-electron chi connectivity index (χ4n) is 7.31. The Bertz CT molecular complexity index is 3020. The van der Waals surface area contributed by atoms with E-state index in [1.165, 1.54) is 9.13 Å². The van der Waals surface area contributed by atoms with Gasteiger partial charge in [-0.05, 0) is 84.9 Å². The van der Waals surface area contributed by atoms with Crippen LogP contribution in [0, 0.1) is 0 Å². The van der Waals surface area contributed by atoms with E-state index >= 15 is 0 Å². The molecule has 0 amide bonds. The molecule has 0 aliphatic heterocycles. The predicted molar refractivity (Wildman–Crippen MR) is 209 cm³/mol. The summed E-state index contributed by atoms with van der Waals surface area (Å²) in [5, 5.41) is 0. The van der Waals surface area contributed by atoms with Crippen LogP contribution < -0.4 is 17.1 Å². The molecule has 0 radical (unpaired) electrons. The van der Waals surface area contributed by atoms with Crippen molar-refractivity contribution in [3.63, 3.8) is 0 Å². The van der Waals surface area contributed by atoms with E-state index in [9.17, 15) is 14.4 Å². The quantitative estimate of drug-likeness (QED) is 0.190. The molecule has 0 aliphatic carbocycles. The molecule has 11 nitrogen and oxygen atoms in total. The largest absolute Gasteiger partial charge is 0.340 e. The number of hydrogen-bond donors (Lipinski definition) is 0. The fraction of sp³-hybridized carbons (Fsp3) is 0. The van der Waals surface area contributed by atoms with Crippen molar-refractivity contribution >= 4 is 33.1 Å². The second-order valence-electron chi connectivity index (χ2n) is 12.7. The number of hydrogen-bond acceptors (Lipinski definition) is 5. The zero-order chi connectivity index (χ0) is 36.3. The van der Waals surface area contributed by atoms with Gasteiger partial charge in [-0.3, -0.25) is 9.13 Å². The summed E-state index contributed by atoms with van der Waals surface area (Å²) in [6.07, 6.45) is 0. The monoisotopic (exact) mass is 704 g/mol. The molecule has 0 N–H and O–H groups in total. The second kappa shape index (κ2) is 12.2. The Morgan fingerprint density at radius 1 is 0.259 bits per heavy atom. The van der Waals surface area contributed by atoms with Gasteiger partial charge in [-0.25, -0.2) is 42.6 Å². The van der Waals surface area contributed by atoms with Gasteiger partial charge in [0.2, 0.25) is 0 Å². The maximum Gasteiger partial charge on any atom is 0.340 e. The maximum absolute atomic E-state index is 14.6. The molecule has 0 atom stereocenters. The van der Waals surface area contributed by atoms with E-state index in [-0.39, 0.29) is 11.4 Å². The summed E-state index contributed by atoms with van der Waals surface area (Å²) in [5.41, 5.74) is 4.48. The molecule has 0 bridgehead atoms. The zero-order valence-electron chi connectivity index (χ0n) is 28.5. The molecule has 10 aromatic rings. The second-order valence-corrected chi connectivity index (χ2v) is 12.7. The van der Waals surface area contributed by atoms with Crippen LogP contribution >= 0.6 is 0 Å². The Morgan fingerprint density at radius 3 is 0.796 bits per heavy atom. The first-order valence-electron chi connectivity index (χ1n) is 17.3. The van der Waals surface area contributed by atoms with Crippen LogP contribution in [0.1, 0.15) is 0 Å². The third-order valence-electron chi connectivity index (χ3n) is 9.62. The molecule has 0 unspecified atom stereocenters. The minimum Gasteiger partial charge on any atom is -0.260 e. The van der Waals surface area contributed by atoms with Crippen molar-refractivity contribution in [2.24, 2.45) is 0 Å². The average Bonchev–Trinajstić information content (AvgIpc) is 3.81. The molecule has 258 valence electrons. The summed E-state index contributed by atoms with van der Waals surface area (Å²) in [4.78, 5) is 52.7. The van der Waals surface area contributed by atoms with Crippen molar-refractivity contribution in [3.8, 4) is 34.6 Å². The van der Waals surface area contributed by atoms with Crippen LogP contribution in [0.4, 0.5) is 0 Å². The molecule has 0 saturated heterocycles. The van der Waals surface area contributed by atoms with Crippen LogP contribution in [0.15, 0.2) is 184 Å². The third-order valence-corrected chi connectivity index (χ3v) is 9.62. The highest BCUT2D eigenvalue weighted by molar-refractivity contribution is 5.82. The summed E-state index contributed by atoms with van der Waals surface area (Å²) < 4.78 is 9.46. The minimum absolute atomic E-state index is 0.285. The fourth-order valence-corrected chi connectivity index (χ4v) is 7.31. The topological polar surface area (TPSA) is 107 Å². The lowest BCUT2D eigenvalue weighted by Crippen LogP contribution is -2.26. The van der Waals surface area contributed by atoms with Gasteiger partial charge in [0, 0.05) is 0 Å². The summed E-state index contributed by atoms with van der Waals surface area (Å²) in [5.74, 6) is 1.38. The molecule has 0 spiro atoms. The van der Waals surface area contributed by atoms with Crippen LogP contribution in [0.25, 0.3) is 67.7 Å². The van der Waals surface area contributed by atoms with Gasteiger partial charge in [0.25, 0.3) is 0 Å². The lowest BCUT2D eigenvalue weighted by Gasteiger charge is -2.07. The number of fused-ring (bicyclic) bond motifs is 3. The first-order chi connectivity index (χ1) is 26.6. The van der Waals surface area contributed by atoms with Crippen LogP contribution in [-0.4, -0.2) is 37.4 Å².